The highest BCUT2D eigenvalue weighted by Gasteiger charge is 2.38. The fraction of sp³-hybridized carbons (Fsp3) is 0.417. The van der Waals surface area contributed by atoms with Crippen LogP contribution in [-0.4, -0.2) is 41.7 Å². The zero-order chi connectivity index (χ0) is 20.2. The number of nitriles is 1. The number of carboxylic acid groups (broad SMARTS) is 1. The molecule has 1 saturated carbocycles. The van der Waals surface area contributed by atoms with Crippen molar-refractivity contribution in [3.05, 3.63) is 70.8 Å². The highest BCUT2D eigenvalue weighted by Crippen LogP contribution is 2.40. The van der Waals surface area contributed by atoms with Gasteiger partial charge in [0.05, 0.1) is 17.2 Å². The predicted octanol–water partition coefficient (Wildman–Crippen LogP) is 3.61. The summed E-state index contributed by atoms with van der Waals surface area (Å²) in [7, 11) is 0. The molecule has 1 saturated heterocycles. The molecule has 0 amide bonds. The Kier molecular flexibility index (Phi) is 5.94. The summed E-state index contributed by atoms with van der Waals surface area (Å²) in [5.74, 6) is 0.383. The van der Waals surface area contributed by atoms with Crippen LogP contribution in [0.25, 0.3) is 0 Å². The summed E-state index contributed by atoms with van der Waals surface area (Å²) in [5.41, 5.74) is 3.00. The Morgan fingerprint density at radius 3 is 2.62 bits per heavy atom. The van der Waals surface area contributed by atoms with E-state index in [0.29, 0.717) is 30.0 Å². The fourth-order valence-electron chi connectivity index (χ4n) is 4.35. The van der Waals surface area contributed by atoms with Gasteiger partial charge in [0, 0.05) is 18.5 Å². The van der Waals surface area contributed by atoms with Crippen molar-refractivity contribution in [3.8, 4) is 6.07 Å². The summed E-state index contributed by atoms with van der Waals surface area (Å²) >= 11 is 0. The Hall–Kier alpha value is -2.68. The van der Waals surface area contributed by atoms with Crippen LogP contribution in [0.4, 0.5) is 0 Å². The maximum absolute atomic E-state index is 11.1. The number of aromatic carboxylic acids is 1. The SMILES string of the molecule is N#Cc1cc(C(=O)O)ccc1CN1CCC(CNC2CC2c2ccccc2)CC1. The van der Waals surface area contributed by atoms with Gasteiger partial charge in [-0.1, -0.05) is 36.4 Å². The quantitative estimate of drug-likeness (QED) is 0.756. The molecule has 2 fully saturated rings. The monoisotopic (exact) mass is 389 g/mol. The van der Waals surface area contributed by atoms with Crippen LogP contribution in [0.15, 0.2) is 48.5 Å². The summed E-state index contributed by atoms with van der Waals surface area (Å²) in [6.07, 6.45) is 3.56. The number of nitrogens with zero attached hydrogens (tertiary/aromatic N) is 2. The number of likely N-dealkylation sites (tertiary alicyclic amines) is 1. The highest BCUT2D eigenvalue weighted by molar-refractivity contribution is 5.88. The molecule has 0 radical (unpaired) electrons. The standard InChI is InChI=1S/C24H27N3O2/c25-14-21-12-19(24(28)29)6-7-20(21)16-27-10-8-17(9-11-27)15-26-23-13-22(23)18-4-2-1-3-5-18/h1-7,12,17,22-23,26H,8-11,13,15-16H2,(H,28,29). The van der Waals surface area contributed by atoms with Crippen molar-refractivity contribution in [1.29, 1.82) is 5.26 Å². The van der Waals surface area contributed by atoms with Gasteiger partial charge in [0.25, 0.3) is 0 Å². The molecule has 5 nitrogen and oxygen atoms in total. The Bertz CT molecular complexity index is 898. The lowest BCUT2D eigenvalue weighted by molar-refractivity contribution is 0.0697. The summed E-state index contributed by atoms with van der Waals surface area (Å²) < 4.78 is 0. The van der Waals surface area contributed by atoms with Gasteiger partial charge in [-0.3, -0.25) is 4.90 Å². The summed E-state index contributed by atoms with van der Waals surface area (Å²) in [4.78, 5) is 13.5. The first-order valence-corrected chi connectivity index (χ1v) is 10.4. The van der Waals surface area contributed by atoms with Gasteiger partial charge in [0.15, 0.2) is 0 Å². The third-order valence-electron chi connectivity index (χ3n) is 6.27. The second-order valence-electron chi connectivity index (χ2n) is 8.28. The molecule has 5 heteroatoms. The van der Waals surface area contributed by atoms with Crippen molar-refractivity contribution < 1.29 is 9.90 Å². The van der Waals surface area contributed by atoms with Gasteiger partial charge in [-0.05, 0) is 68.1 Å². The largest absolute Gasteiger partial charge is 0.478 e. The molecular formula is C24H27N3O2. The van der Waals surface area contributed by atoms with E-state index < -0.39 is 5.97 Å². The van der Waals surface area contributed by atoms with E-state index in [-0.39, 0.29) is 5.56 Å². The van der Waals surface area contributed by atoms with Crippen LogP contribution in [0, 0.1) is 17.2 Å². The van der Waals surface area contributed by atoms with Crippen LogP contribution in [0.1, 0.15) is 52.2 Å². The van der Waals surface area contributed by atoms with E-state index in [0.717, 1.165) is 38.0 Å². The number of benzene rings is 2. The Labute approximate surface area is 172 Å². The summed E-state index contributed by atoms with van der Waals surface area (Å²) in [6, 6.07) is 18.4. The predicted molar refractivity (Wildman–Crippen MR) is 112 cm³/mol. The molecule has 150 valence electrons. The van der Waals surface area contributed by atoms with Gasteiger partial charge in [-0.2, -0.15) is 5.26 Å². The fourth-order valence-corrected chi connectivity index (χ4v) is 4.35. The minimum Gasteiger partial charge on any atom is -0.478 e. The van der Waals surface area contributed by atoms with Gasteiger partial charge < -0.3 is 10.4 Å². The number of hydrogen-bond donors (Lipinski definition) is 2. The molecule has 0 bridgehead atoms. The van der Waals surface area contributed by atoms with Gasteiger partial charge >= 0.3 is 5.97 Å². The number of hydrogen-bond acceptors (Lipinski definition) is 4. The van der Waals surface area contributed by atoms with Crippen molar-refractivity contribution in [2.45, 2.75) is 37.8 Å². The van der Waals surface area contributed by atoms with Crippen LogP contribution in [0.3, 0.4) is 0 Å². The second kappa shape index (κ2) is 8.77. The second-order valence-corrected chi connectivity index (χ2v) is 8.28. The molecule has 4 rings (SSSR count). The molecule has 29 heavy (non-hydrogen) atoms. The maximum atomic E-state index is 11.1. The zero-order valence-corrected chi connectivity index (χ0v) is 16.6. The average molecular weight is 389 g/mol. The molecule has 1 aliphatic carbocycles. The molecule has 2 aliphatic rings. The van der Waals surface area contributed by atoms with Crippen LogP contribution < -0.4 is 5.32 Å². The van der Waals surface area contributed by atoms with Crippen LogP contribution >= 0.6 is 0 Å². The molecule has 0 spiro atoms. The van der Waals surface area contributed by atoms with Crippen LogP contribution in [0.5, 0.6) is 0 Å². The summed E-state index contributed by atoms with van der Waals surface area (Å²) in [5, 5.41) is 22.2. The smallest absolute Gasteiger partial charge is 0.335 e. The lowest BCUT2D eigenvalue weighted by Gasteiger charge is -2.32. The van der Waals surface area contributed by atoms with Gasteiger partial charge in [-0.15, -0.1) is 0 Å². The first-order chi connectivity index (χ1) is 14.1. The van der Waals surface area contributed by atoms with Crippen molar-refractivity contribution in [2.75, 3.05) is 19.6 Å². The molecule has 2 aromatic carbocycles. The molecule has 1 aliphatic heterocycles. The van der Waals surface area contributed by atoms with Crippen LogP contribution in [0.2, 0.25) is 0 Å². The molecule has 1 heterocycles. The Morgan fingerprint density at radius 1 is 1.17 bits per heavy atom. The molecule has 2 N–H and O–H groups in total. The Balaban J connectivity index is 1.22. The highest BCUT2D eigenvalue weighted by atomic mass is 16.4. The van der Waals surface area contributed by atoms with E-state index in [1.165, 1.54) is 18.1 Å². The molecule has 0 aromatic heterocycles. The van der Waals surface area contributed by atoms with Gasteiger partial charge in [0.2, 0.25) is 0 Å². The topological polar surface area (TPSA) is 76.4 Å². The first-order valence-electron chi connectivity index (χ1n) is 10.4. The average Bonchev–Trinajstić information content (AvgIpc) is 3.54. The van der Waals surface area contributed by atoms with E-state index in [1.807, 2.05) is 0 Å². The number of carbonyl (C=O) groups is 1. The van der Waals surface area contributed by atoms with E-state index in [1.54, 1.807) is 12.1 Å². The normalized spacial score (nSPS) is 22.2. The molecule has 2 atom stereocenters. The number of carboxylic acids is 1. The van der Waals surface area contributed by atoms with Gasteiger partial charge in [-0.25, -0.2) is 4.79 Å². The van der Waals surface area contributed by atoms with Crippen molar-refractivity contribution in [3.63, 3.8) is 0 Å². The summed E-state index contributed by atoms with van der Waals surface area (Å²) in [6.45, 7) is 3.83. The lowest BCUT2D eigenvalue weighted by atomic mass is 9.95. The third-order valence-corrected chi connectivity index (χ3v) is 6.27. The van der Waals surface area contributed by atoms with Gasteiger partial charge in [0.1, 0.15) is 0 Å². The van der Waals surface area contributed by atoms with Crippen molar-refractivity contribution in [2.24, 2.45) is 5.92 Å². The molecule has 2 aromatic rings. The van der Waals surface area contributed by atoms with Crippen LogP contribution in [-0.2, 0) is 6.54 Å². The minimum atomic E-state index is -0.994. The Morgan fingerprint density at radius 2 is 1.93 bits per heavy atom. The van der Waals surface area contributed by atoms with Crippen molar-refractivity contribution >= 4 is 5.97 Å². The maximum Gasteiger partial charge on any atom is 0.335 e. The number of piperidine rings is 1. The lowest BCUT2D eigenvalue weighted by Crippen LogP contribution is -2.37. The number of nitrogens with one attached hydrogen (secondary N) is 1. The van der Waals surface area contributed by atoms with E-state index in [2.05, 4.69) is 46.6 Å². The minimum absolute atomic E-state index is 0.170. The molecule has 2 unspecified atom stereocenters. The third kappa shape index (κ3) is 4.84. The van der Waals surface area contributed by atoms with E-state index >= 15 is 0 Å². The molecular weight excluding hydrogens is 362 g/mol. The zero-order valence-electron chi connectivity index (χ0n) is 16.6. The first kappa shape index (κ1) is 19.6. The van der Waals surface area contributed by atoms with E-state index in [9.17, 15) is 10.1 Å². The van der Waals surface area contributed by atoms with E-state index in [4.69, 9.17) is 5.11 Å². The van der Waals surface area contributed by atoms with Crippen molar-refractivity contribution in [1.82, 2.24) is 10.2 Å². The number of rotatable bonds is 7.